The molecule has 0 spiro atoms. The van der Waals surface area contributed by atoms with Gasteiger partial charge in [-0.3, -0.25) is 10.1 Å². The van der Waals surface area contributed by atoms with E-state index in [0.717, 1.165) is 16.6 Å². The largest absolute Gasteiger partial charge is 0.573 e. The molecule has 2 aromatic heterocycles. The first-order chi connectivity index (χ1) is 20.6. The van der Waals surface area contributed by atoms with Gasteiger partial charge < -0.3 is 18.6 Å². The number of hydrogen-bond donors (Lipinski definition) is 2. The van der Waals surface area contributed by atoms with Crippen molar-refractivity contribution in [3.8, 4) is 5.75 Å². The zero-order valence-electron chi connectivity index (χ0n) is 22.4. The van der Waals surface area contributed by atoms with Crippen LogP contribution in [0, 0.1) is 0 Å². The van der Waals surface area contributed by atoms with Gasteiger partial charge in [0, 0.05) is 25.8 Å². The number of rotatable bonds is 10. The van der Waals surface area contributed by atoms with E-state index in [9.17, 15) is 18.0 Å². The monoisotopic (exact) mass is 634 g/mol. The summed E-state index contributed by atoms with van der Waals surface area (Å²) in [5.74, 6) is -0.643. The highest BCUT2D eigenvalue weighted by Crippen LogP contribution is 2.29. The van der Waals surface area contributed by atoms with Crippen LogP contribution >= 0.6 is 23.2 Å². The molecule has 0 atom stereocenters. The second-order valence-corrected chi connectivity index (χ2v) is 10.0. The molecule has 3 aromatic carbocycles. The van der Waals surface area contributed by atoms with Crippen LogP contribution in [0.5, 0.6) is 5.75 Å². The lowest BCUT2D eigenvalue weighted by Crippen LogP contribution is -2.27. The third-order valence-corrected chi connectivity index (χ3v) is 6.97. The molecule has 224 valence electrons. The normalized spacial score (nSPS) is 12.2. The van der Waals surface area contributed by atoms with E-state index in [-0.39, 0.29) is 11.7 Å². The molecular weight excluding hydrogens is 612 g/mol. The van der Waals surface area contributed by atoms with Gasteiger partial charge in [-0.15, -0.1) is 13.2 Å². The zero-order chi connectivity index (χ0) is 30.6. The lowest BCUT2D eigenvalue weighted by atomic mass is 10.1. The van der Waals surface area contributed by atoms with Gasteiger partial charge in [0.25, 0.3) is 5.91 Å². The second kappa shape index (κ2) is 12.9. The summed E-state index contributed by atoms with van der Waals surface area (Å²) in [7, 11) is 1.60. The molecule has 0 fully saturated rings. The number of H-pyrrole nitrogens is 1. The van der Waals surface area contributed by atoms with Crippen LogP contribution in [0.4, 0.5) is 24.8 Å². The first-order valence-electron chi connectivity index (χ1n) is 12.7. The van der Waals surface area contributed by atoms with Crippen molar-refractivity contribution in [3.63, 3.8) is 0 Å². The van der Waals surface area contributed by atoms with Crippen LogP contribution in [0.15, 0.2) is 65.7 Å². The molecule has 0 bridgehead atoms. The summed E-state index contributed by atoms with van der Waals surface area (Å²) >= 11 is 12.8. The maximum Gasteiger partial charge on any atom is 0.573 e. The molecule has 2 N–H and O–H groups in total. The highest BCUT2D eigenvalue weighted by Gasteiger charge is 2.31. The van der Waals surface area contributed by atoms with Gasteiger partial charge in [-0.1, -0.05) is 40.4 Å². The van der Waals surface area contributed by atoms with Gasteiger partial charge in [0.1, 0.15) is 5.75 Å². The number of aryl methyl sites for hydroxylation is 1. The number of amides is 1. The Morgan fingerprint density at radius 3 is 2.30 bits per heavy atom. The third kappa shape index (κ3) is 7.34. The molecule has 0 unspecified atom stereocenters. The SMILES string of the molecule is COCCCn1c(=Nc2ccc(OC(F)(F)F)cc2)n(Cc2ccc(C(=O)Nc3nnn[nH]3)cc2)c2cc(Cl)c(Cl)cc21. The van der Waals surface area contributed by atoms with Crippen molar-refractivity contribution in [3.05, 3.63) is 87.5 Å². The minimum absolute atomic E-state index is 0.116. The van der Waals surface area contributed by atoms with Crippen molar-refractivity contribution in [1.29, 1.82) is 0 Å². The van der Waals surface area contributed by atoms with Crippen molar-refractivity contribution in [2.75, 3.05) is 19.0 Å². The number of tetrazole rings is 1. The Morgan fingerprint density at radius 1 is 1.02 bits per heavy atom. The molecule has 0 radical (unpaired) electrons. The van der Waals surface area contributed by atoms with Crippen LogP contribution in [0.2, 0.25) is 10.0 Å². The van der Waals surface area contributed by atoms with Gasteiger partial charge in [0.15, 0.2) is 0 Å². The number of fused-ring (bicyclic) bond motifs is 1. The lowest BCUT2D eigenvalue weighted by Gasteiger charge is -2.09. The molecule has 0 aliphatic rings. The Kier molecular flexibility index (Phi) is 8.99. The van der Waals surface area contributed by atoms with Crippen molar-refractivity contribution >= 4 is 51.8 Å². The number of anilines is 1. The Labute approximate surface area is 251 Å². The molecule has 11 nitrogen and oxygen atoms in total. The highest BCUT2D eigenvalue weighted by molar-refractivity contribution is 6.42. The number of carbonyl (C=O) groups excluding carboxylic acids is 1. The smallest absolute Gasteiger partial charge is 0.406 e. The summed E-state index contributed by atoms with van der Waals surface area (Å²) in [6, 6.07) is 15.6. The predicted molar refractivity (Wildman–Crippen MR) is 152 cm³/mol. The van der Waals surface area contributed by atoms with Gasteiger partial charge in [-0.25, -0.2) is 10.1 Å². The molecule has 0 saturated heterocycles. The number of halogens is 5. The van der Waals surface area contributed by atoms with Crippen molar-refractivity contribution < 1.29 is 27.4 Å². The van der Waals surface area contributed by atoms with Crippen molar-refractivity contribution in [2.24, 2.45) is 4.99 Å². The van der Waals surface area contributed by atoms with E-state index in [1.54, 1.807) is 43.5 Å². The summed E-state index contributed by atoms with van der Waals surface area (Å²) in [4.78, 5) is 17.4. The van der Waals surface area contributed by atoms with E-state index in [4.69, 9.17) is 32.9 Å². The van der Waals surface area contributed by atoms with Gasteiger partial charge in [0.05, 0.1) is 33.3 Å². The lowest BCUT2D eigenvalue weighted by molar-refractivity contribution is -0.274. The van der Waals surface area contributed by atoms with E-state index in [1.165, 1.54) is 24.3 Å². The van der Waals surface area contributed by atoms with E-state index in [0.29, 0.717) is 53.0 Å². The number of imidazole rings is 1. The average molecular weight is 635 g/mol. The van der Waals surface area contributed by atoms with Crippen LogP contribution in [0.1, 0.15) is 22.3 Å². The molecule has 5 aromatic rings. The predicted octanol–water partition coefficient (Wildman–Crippen LogP) is 5.73. The Balaban J connectivity index is 1.57. The summed E-state index contributed by atoms with van der Waals surface area (Å²) < 4.78 is 51.1. The first kappa shape index (κ1) is 30.1. The molecule has 0 aliphatic carbocycles. The zero-order valence-corrected chi connectivity index (χ0v) is 23.9. The topological polar surface area (TPSA) is 124 Å². The number of alkyl halides is 3. The van der Waals surface area contributed by atoms with Crippen LogP contribution < -0.4 is 15.7 Å². The van der Waals surface area contributed by atoms with Gasteiger partial charge in [0.2, 0.25) is 11.6 Å². The standard InChI is InChI=1S/C27H23Cl2F3N8O3/c1-42-12-2-11-39-22-13-20(28)21(29)14-23(22)40(26(39)33-18-7-9-19(10-8-18)43-27(30,31)32)15-16-3-5-17(6-4-16)24(41)34-25-35-37-38-36-25/h3-10,13-14H,2,11-12,15H2,1H3,(H2,34,35,36,37,38,41). The maximum atomic E-state index is 12.7. The van der Waals surface area contributed by atoms with Gasteiger partial charge in [-0.05, 0) is 70.9 Å². The Hall–Kier alpha value is -4.40. The van der Waals surface area contributed by atoms with E-state index in [1.807, 2.05) is 9.13 Å². The molecule has 0 aliphatic heterocycles. The number of aromatic amines is 1. The summed E-state index contributed by atoms with van der Waals surface area (Å²) in [5.41, 5.74) is 3.57. The minimum atomic E-state index is -4.81. The fraction of sp³-hybridized carbons (Fsp3) is 0.222. The van der Waals surface area contributed by atoms with E-state index >= 15 is 0 Å². The highest BCUT2D eigenvalue weighted by atomic mass is 35.5. The van der Waals surface area contributed by atoms with Crippen LogP contribution in [0.25, 0.3) is 11.0 Å². The molecular formula is C27H23Cl2F3N8O3. The number of ether oxygens (including phenoxy) is 2. The van der Waals surface area contributed by atoms with Gasteiger partial charge in [-0.2, -0.15) is 0 Å². The number of methoxy groups -OCH3 is 1. The Morgan fingerprint density at radius 2 is 1.70 bits per heavy atom. The Bertz CT molecular complexity index is 1790. The summed E-state index contributed by atoms with van der Waals surface area (Å²) in [6.07, 6.45) is -4.16. The maximum absolute atomic E-state index is 12.7. The average Bonchev–Trinajstić information content (AvgIpc) is 3.57. The van der Waals surface area contributed by atoms with Crippen LogP contribution in [-0.2, 0) is 17.8 Å². The number of hydrogen-bond acceptors (Lipinski definition) is 7. The summed E-state index contributed by atoms with van der Waals surface area (Å²) in [6.45, 7) is 1.30. The molecule has 2 heterocycles. The fourth-order valence-corrected chi connectivity index (χ4v) is 4.67. The van der Waals surface area contributed by atoms with Gasteiger partial charge >= 0.3 is 6.36 Å². The first-order valence-corrected chi connectivity index (χ1v) is 13.5. The second-order valence-electron chi connectivity index (χ2n) is 9.19. The van der Waals surface area contributed by atoms with Crippen LogP contribution in [-0.4, -0.2) is 55.7 Å². The van der Waals surface area contributed by atoms with E-state index < -0.39 is 12.3 Å². The van der Waals surface area contributed by atoms with Crippen molar-refractivity contribution in [1.82, 2.24) is 29.8 Å². The summed E-state index contributed by atoms with van der Waals surface area (Å²) in [5, 5.41) is 16.2. The number of benzene rings is 3. The van der Waals surface area contributed by atoms with E-state index in [2.05, 4.69) is 30.7 Å². The third-order valence-electron chi connectivity index (χ3n) is 6.25. The number of nitrogens with zero attached hydrogens (tertiary/aromatic N) is 6. The molecule has 1 amide bonds. The number of nitrogens with one attached hydrogen (secondary N) is 2. The fourth-order valence-electron chi connectivity index (χ4n) is 4.36. The quantitative estimate of drug-likeness (QED) is 0.189. The molecule has 16 heteroatoms. The molecule has 43 heavy (non-hydrogen) atoms. The number of carbonyl (C=O) groups is 1. The molecule has 5 rings (SSSR count). The number of aromatic nitrogens is 6. The van der Waals surface area contributed by atoms with Crippen molar-refractivity contribution in [2.45, 2.75) is 25.9 Å². The minimum Gasteiger partial charge on any atom is -0.406 e. The van der Waals surface area contributed by atoms with Crippen LogP contribution in [0.3, 0.4) is 0 Å². The molecule has 0 saturated carbocycles.